The van der Waals surface area contributed by atoms with Crippen molar-refractivity contribution in [2.75, 3.05) is 11.9 Å². The number of nitrogens with one attached hydrogen (secondary N) is 3. The van der Waals surface area contributed by atoms with Crippen LogP contribution in [0.1, 0.15) is 47.3 Å². The lowest BCUT2D eigenvalue weighted by molar-refractivity contribution is -0.122. The van der Waals surface area contributed by atoms with Gasteiger partial charge in [-0.3, -0.25) is 14.4 Å². The van der Waals surface area contributed by atoms with E-state index in [2.05, 4.69) is 16.0 Å². The lowest BCUT2D eigenvalue weighted by atomic mass is 9.87. The van der Waals surface area contributed by atoms with Crippen LogP contribution in [0.25, 0.3) is 0 Å². The fraction of sp³-hybridized carbons (Fsp3) is 0.286. The summed E-state index contributed by atoms with van der Waals surface area (Å²) in [5, 5.41) is 7.30. The van der Waals surface area contributed by atoms with Crippen LogP contribution in [0.5, 0.6) is 0 Å². The Morgan fingerprint density at radius 1 is 1.10 bits per heavy atom. The Bertz CT molecular complexity index is 962. The number of amides is 3. The van der Waals surface area contributed by atoms with Crippen molar-refractivity contribution in [2.24, 2.45) is 0 Å². The van der Waals surface area contributed by atoms with Crippen molar-refractivity contribution in [3.8, 4) is 0 Å². The second-order valence-electron chi connectivity index (χ2n) is 6.89. The Morgan fingerprint density at radius 2 is 1.86 bits per heavy atom. The zero-order valence-electron chi connectivity index (χ0n) is 15.9. The number of carbonyl (C=O) groups is 3. The summed E-state index contributed by atoms with van der Waals surface area (Å²) >= 11 is 0. The van der Waals surface area contributed by atoms with Gasteiger partial charge in [0.25, 0.3) is 5.91 Å². The van der Waals surface area contributed by atoms with Crippen LogP contribution in [0.4, 0.5) is 14.5 Å². The zero-order valence-corrected chi connectivity index (χ0v) is 15.9. The summed E-state index contributed by atoms with van der Waals surface area (Å²) < 4.78 is 28.3. The Kier molecular flexibility index (Phi) is 6.21. The van der Waals surface area contributed by atoms with E-state index in [-0.39, 0.29) is 23.8 Å². The van der Waals surface area contributed by atoms with Gasteiger partial charge in [0.15, 0.2) is 0 Å². The van der Waals surface area contributed by atoms with Gasteiger partial charge in [-0.1, -0.05) is 24.3 Å². The normalized spacial score (nSPS) is 15.2. The number of halogens is 2. The predicted molar refractivity (Wildman–Crippen MR) is 103 cm³/mol. The molecular formula is C21H21F2N3O3. The first kappa shape index (κ1) is 20.4. The van der Waals surface area contributed by atoms with Crippen molar-refractivity contribution in [3.63, 3.8) is 0 Å². The smallest absolute Gasteiger partial charge is 0.254 e. The molecule has 8 heteroatoms. The molecule has 1 unspecified atom stereocenters. The topological polar surface area (TPSA) is 87.3 Å². The molecule has 152 valence electrons. The van der Waals surface area contributed by atoms with Crippen molar-refractivity contribution in [2.45, 2.75) is 32.2 Å². The molecule has 3 rings (SSSR count). The highest BCUT2D eigenvalue weighted by Crippen LogP contribution is 2.30. The van der Waals surface area contributed by atoms with E-state index in [9.17, 15) is 23.2 Å². The van der Waals surface area contributed by atoms with Crippen LogP contribution in [0.2, 0.25) is 0 Å². The first-order chi connectivity index (χ1) is 13.8. The Morgan fingerprint density at radius 3 is 2.62 bits per heavy atom. The monoisotopic (exact) mass is 401 g/mol. The summed E-state index contributed by atoms with van der Waals surface area (Å²) in [5.74, 6) is -3.85. The number of benzene rings is 2. The first-order valence-corrected chi connectivity index (χ1v) is 9.27. The van der Waals surface area contributed by atoms with Crippen LogP contribution in [-0.2, 0) is 16.0 Å². The molecule has 0 aromatic heterocycles. The highest BCUT2D eigenvalue weighted by Gasteiger charge is 2.24. The van der Waals surface area contributed by atoms with E-state index in [4.69, 9.17) is 0 Å². The number of hydrogen-bond acceptors (Lipinski definition) is 3. The average molecular weight is 401 g/mol. The van der Waals surface area contributed by atoms with Gasteiger partial charge in [-0.25, -0.2) is 8.78 Å². The molecule has 3 N–H and O–H groups in total. The van der Waals surface area contributed by atoms with Gasteiger partial charge < -0.3 is 16.0 Å². The minimum absolute atomic E-state index is 0.269. The molecule has 1 aliphatic carbocycles. The molecule has 0 spiro atoms. The number of hydrogen-bond donors (Lipinski definition) is 3. The summed E-state index contributed by atoms with van der Waals surface area (Å²) in [6, 6.07) is 8.97. The van der Waals surface area contributed by atoms with Gasteiger partial charge in [-0.05, 0) is 36.5 Å². The number of rotatable bonds is 5. The Labute approximate surface area is 166 Å². The highest BCUT2D eigenvalue weighted by atomic mass is 19.1. The molecule has 0 saturated carbocycles. The zero-order chi connectivity index (χ0) is 21.0. The number of carbonyl (C=O) groups excluding carboxylic acids is 3. The number of anilines is 1. The SMILES string of the molecule is CC(=O)NCC(=O)Nc1cc(C(=O)NC2CCCc3ccccc32)c(F)cc1F. The molecule has 3 amide bonds. The third-order valence-corrected chi connectivity index (χ3v) is 4.75. The second-order valence-corrected chi connectivity index (χ2v) is 6.89. The van der Waals surface area contributed by atoms with Gasteiger partial charge in [0, 0.05) is 13.0 Å². The third kappa shape index (κ3) is 4.96. The number of fused-ring (bicyclic) bond motifs is 1. The van der Waals surface area contributed by atoms with Crippen LogP contribution in [0.15, 0.2) is 36.4 Å². The van der Waals surface area contributed by atoms with Crippen LogP contribution in [0.3, 0.4) is 0 Å². The van der Waals surface area contributed by atoms with E-state index in [0.717, 1.165) is 30.0 Å². The Balaban J connectivity index is 1.77. The molecule has 0 heterocycles. The molecule has 1 aliphatic rings. The quantitative estimate of drug-likeness (QED) is 0.720. The summed E-state index contributed by atoms with van der Waals surface area (Å²) in [6.07, 6.45) is 2.52. The van der Waals surface area contributed by atoms with Crippen molar-refractivity contribution >= 4 is 23.4 Å². The van der Waals surface area contributed by atoms with E-state index in [1.807, 2.05) is 24.3 Å². The molecule has 0 bridgehead atoms. The van der Waals surface area contributed by atoms with Gasteiger partial charge in [-0.2, -0.15) is 0 Å². The molecule has 0 saturated heterocycles. The molecule has 0 fully saturated rings. The van der Waals surface area contributed by atoms with Crippen LogP contribution < -0.4 is 16.0 Å². The largest absolute Gasteiger partial charge is 0.347 e. The van der Waals surface area contributed by atoms with Gasteiger partial charge in [-0.15, -0.1) is 0 Å². The van der Waals surface area contributed by atoms with Crippen molar-refractivity contribution in [3.05, 3.63) is 64.7 Å². The van der Waals surface area contributed by atoms with Crippen molar-refractivity contribution in [1.29, 1.82) is 0 Å². The maximum absolute atomic E-state index is 14.3. The first-order valence-electron chi connectivity index (χ1n) is 9.27. The van der Waals surface area contributed by atoms with E-state index >= 15 is 0 Å². The predicted octanol–water partition coefficient (Wildman–Crippen LogP) is 2.85. The molecule has 29 heavy (non-hydrogen) atoms. The highest BCUT2D eigenvalue weighted by molar-refractivity contribution is 5.98. The van der Waals surface area contributed by atoms with Crippen LogP contribution in [-0.4, -0.2) is 24.3 Å². The lowest BCUT2D eigenvalue weighted by Crippen LogP contribution is -2.32. The summed E-state index contributed by atoms with van der Waals surface area (Å²) in [7, 11) is 0. The minimum atomic E-state index is -1.02. The fourth-order valence-corrected chi connectivity index (χ4v) is 3.36. The molecule has 6 nitrogen and oxygen atoms in total. The standard InChI is InChI=1S/C21H21F2N3O3/c1-12(27)24-11-20(28)25-19-9-15(16(22)10-17(19)23)21(29)26-18-8-4-6-13-5-2-3-7-14(13)18/h2-3,5,7,9-10,18H,4,6,8,11H2,1H3,(H,24,27)(H,25,28)(H,26,29). The maximum atomic E-state index is 14.3. The Hall–Kier alpha value is -3.29. The van der Waals surface area contributed by atoms with E-state index in [1.165, 1.54) is 6.92 Å². The molecule has 1 atom stereocenters. The van der Waals surface area contributed by atoms with Gasteiger partial charge in [0.1, 0.15) is 11.6 Å². The van der Waals surface area contributed by atoms with Crippen LogP contribution in [0, 0.1) is 11.6 Å². The summed E-state index contributed by atoms with van der Waals surface area (Å²) in [6.45, 7) is 0.865. The van der Waals surface area contributed by atoms with E-state index < -0.39 is 29.4 Å². The number of aryl methyl sites for hydroxylation is 1. The molecule has 0 radical (unpaired) electrons. The third-order valence-electron chi connectivity index (χ3n) is 4.75. The minimum Gasteiger partial charge on any atom is -0.347 e. The van der Waals surface area contributed by atoms with Gasteiger partial charge in [0.05, 0.1) is 23.8 Å². The van der Waals surface area contributed by atoms with Crippen molar-refractivity contribution in [1.82, 2.24) is 10.6 Å². The van der Waals surface area contributed by atoms with E-state index in [1.54, 1.807) is 0 Å². The van der Waals surface area contributed by atoms with Crippen molar-refractivity contribution < 1.29 is 23.2 Å². The van der Waals surface area contributed by atoms with Gasteiger partial charge in [0.2, 0.25) is 11.8 Å². The average Bonchev–Trinajstić information content (AvgIpc) is 2.68. The summed E-state index contributed by atoms with van der Waals surface area (Å²) in [4.78, 5) is 35.3. The molecule has 0 aliphatic heterocycles. The fourth-order valence-electron chi connectivity index (χ4n) is 3.36. The molecular weight excluding hydrogens is 380 g/mol. The summed E-state index contributed by atoms with van der Waals surface area (Å²) in [5.41, 5.74) is 1.41. The second kappa shape index (κ2) is 8.81. The van der Waals surface area contributed by atoms with Gasteiger partial charge >= 0.3 is 0 Å². The maximum Gasteiger partial charge on any atom is 0.254 e. The van der Waals surface area contributed by atoms with E-state index in [0.29, 0.717) is 12.5 Å². The molecule has 2 aromatic rings. The molecule has 2 aromatic carbocycles. The van der Waals surface area contributed by atoms with Crippen LogP contribution >= 0.6 is 0 Å². The lowest BCUT2D eigenvalue weighted by Gasteiger charge is -2.26.